The molecule has 13 aromatic rings. The van der Waals surface area contributed by atoms with E-state index in [9.17, 15) is 0 Å². The summed E-state index contributed by atoms with van der Waals surface area (Å²) in [5.74, 6) is 3.31. The third-order valence-corrected chi connectivity index (χ3v) is 14.2. The van der Waals surface area contributed by atoms with Crippen LogP contribution in [0.2, 0.25) is 0 Å². The molecule has 6 heteroatoms. The maximum absolute atomic E-state index is 7.05. The van der Waals surface area contributed by atoms with Crippen LogP contribution in [0.15, 0.2) is 218 Å². The van der Waals surface area contributed by atoms with Crippen LogP contribution in [0, 0.1) is 0 Å². The molecule has 0 atom stereocenters. The molecule has 0 bridgehead atoms. The normalized spacial score (nSPS) is 12.8. The van der Waals surface area contributed by atoms with E-state index in [1.165, 1.54) is 65.4 Å². The number of para-hydroxylation sites is 6. The van der Waals surface area contributed by atoms with E-state index in [0.29, 0.717) is 0 Å². The number of hydrogen-bond donors (Lipinski definition) is 0. The van der Waals surface area contributed by atoms with Crippen LogP contribution in [0.3, 0.4) is 0 Å². The second-order valence-corrected chi connectivity index (χ2v) is 17.6. The molecule has 306 valence electrons. The minimum atomic E-state index is -0.157. The maximum Gasteiger partial charge on any atom is 0.260 e. The van der Waals surface area contributed by atoms with Crippen molar-refractivity contribution in [3.63, 3.8) is 0 Å². The molecular formula is C60H36BN3O2. The molecule has 0 radical (unpaired) electrons. The highest BCUT2D eigenvalue weighted by Crippen LogP contribution is 2.41. The first-order chi connectivity index (χ1) is 32.7. The van der Waals surface area contributed by atoms with Gasteiger partial charge in [-0.1, -0.05) is 121 Å². The summed E-state index contributed by atoms with van der Waals surface area (Å²) in [4.78, 5) is 0. The van der Waals surface area contributed by atoms with Crippen molar-refractivity contribution in [2.75, 3.05) is 0 Å². The molecule has 0 aliphatic carbocycles. The van der Waals surface area contributed by atoms with Crippen LogP contribution in [0.4, 0.5) is 0 Å². The highest BCUT2D eigenvalue weighted by Gasteiger charge is 2.41. The van der Waals surface area contributed by atoms with Gasteiger partial charge in [-0.05, 0) is 119 Å². The van der Waals surface area contributed by atoms with E-state index in [2.05, 4.69) is 232 Å². The lowest BCUT2D eigenvalue weighted by molar-refractivity contribution is 0.465. The molecular weight excluding hydrogens is 805 g/mol. The zero-order chi connectivity index (χ0) is 43.0. The van der Waals surface area contributed by atoms with E-state index in [1.54, 1.807) is 0 Å². The SMILES string of the molecule is c1ccc2c(c1)c1ccccc1n2-c1ccc(-c2cc3c4c(c2)Oc2ccc(-n5c6ccccc6c6ccccc65)cc2B4c2cc(-n4c5ccccc5c5ccccc54)ccc2O3)cc1. The predicted octanol–water partition coefficient (Wildman–Crippen LogP) is 13.4. The van der Waals surface area contributed by atoms with Crippen LogP contribution in [0.1, 0.15) is 0 Å². The standard InChI is InChI=1S/C60H36BN3O2/c1-7-19-50-42(13-1)43-14-2-8-20-51(43)62(50)39-27-25-37(26-28-39)38-33-58-60-59(34-38)66-57-32-30-41(64-54-23-11-5-17-46(54)47-18-6-12-24-55(47)64)36-49(57)61(60)48-35-40(29-31-56(48)65-58)63-52-21-9-3-15-44(52)45-16-4-10-22-53(45)63/h1-36H. The van der Waals surface area contributed by atoms with Crippen molar-refractivity contribution in [1.82, 2.24) is 13.7 Å². The Morgan fingerprint density at radius 2 is 0.591 bits per heavy atom. The second kappa shape index (κ2) is 13.4. The van der Waals surface area contributed by atoms with Crippen LogP contribution in [0.5, 0.6) is 23.0 Å². The smallest absolute Gasteiger partial charge is 0.260 e. The molecule has 0 fully saturated rings. The highest BCUT2D eigenvalue weighted by molar-refractivity contribution is 6.98. The van der Waals surface area contributed by atoms with Crippen LogP contribution in [0.25, 0.3) is 93.6 Å². The fraction of sp³-hybridized carbons (Fsp3) is 0. The summed E-state index contributed by atoms with van der Waals surface area (Å²) in [6, 6.07) is 78.8. The molecule has 5 nitrogen and oxygen atoms in total. The zero-order valence-electron chi connectivity index (χ0n) is 35.5. The van der Waals surface area contributed by atoms with Crippen LogP contribution in [-0.2, 0) is 0 Å². The molecule has 15 rings (SSSR count). The van der Waals surface area contributed by atoms with E-state index < -0.39 is 0 Å². The second-order valence-electron chi connectivity index (χ2n) is 17.6. The molecule has 0 N–H and O–H groups in total. The quantitative estimate of drug-likeness (QED) is 0.165. The van der Waals surface area contributed by atoms with Gasteiger partial charge in [-0.3, -0.25) is 0 Å². The van der Waals surface area contributed by atoms with Gasteiger partial charge in [0, 0.05) is 54.8 Å². The summed E-state index contributed by atoms with van der Waals surface area (Å²) < 4.78 is 21.2. The molecule has 0 amide bonds. The van der Waals surface area contributed by atoms with Gasteiger partial charge in [-0.15, -0.1) is 0 Å². The highest BCUT2D eigenvalue weighted by atomic mass is 16.5. The summed E-state index contributed by atoms with van der Waals surface area (Å²) in [7, 11) is 0. The average Bonchev–Trinajstić information content (AvgIpc) is 4.02. The van der Waals surface area contributed by atoms with Gasteiger partial charge in [0.1, 0.15) is 23.0 Å². The van der Waals surface area contributed by atoms with Crippen LogP contribution >= 0.6 is 0 Å². The molecule has 2 aliphatic rings. The minimum absolute atomic E-state index is 0.157. The van der Waals surface area contributed by atoms with Crippen molar-refractivity contribution >= 4 is 88.5 Å². The first kappa shape index (κ1) is 35.7. The van der Waals surface area contributed by atoms with Crippen molar-refractivity contribution in [3.8, 4) is 51.2 Å². The Kier molecular flexibility index (Phi) is 7.24. The molecule has 0 spiro atoms. The molecule has 66 heavy (non-hydrogen) atoms. The Hall–Kier alpha value is -8.74. The third kappa shape index (κ3) is 4.95. The van der Waals surface area contributed by atoms with Crippen LogP contribution in [-0.4, -0.2) is 20.4 Å². The topological polar surface area (TPSA) is 33.2 Å². The van der Waals surface area contributed by atoms with E-state index in [4.69, 9.17) is 9.47 Å². The first-order valence-electron chi connectivity index (χ1n) is 22.6. The van der Waals surface area contributed by atoms with Gasteiger partial charge in [-0.2, -0.15) is 0 Å². The van der Waals surface area contributed by atoms with E-state index in [1.807, 2.05) is 0 Å². The van der Waals surface area contributed by atoms with Gasteiger partial charge in [-0.25, -0.2) is 0 Å². The molecule has 5 heterocycles. The molecule has 0 saturated heterocycles. The van der Waals surface area contributed by atoms with E-state index >= 15 is 0 Å². The summed E-state index contributed by atoms with van der Waals surface area (Å²) in [5.41, 5.74) is 15.7. The Morgan fingerprint density at radius 1 is 0.273 bits per heavy atom. The van der Waals surface area contributed by atoms with Gasteiger partial charge in [0.25, 0.3) is 6.71 Å². The van der Waals surface area contributed by atoms with Gasteiger partial charge in [0.15, 0.2) is 0 Å². The summed E-state index contributed by atoms with van der Waals surface area (Å²) in [6.07, 6.45) is 0. The summed E-state index contributed by atoms with van der Waals surface area (Å²) in [6.45, 7) is -0.157. The largest absolute Gasteiger partial charge is 0.458 e. The van der Waals surface area contributed by atoms with E-state index in [-0.39, 0.29) is 6.71 Å². The van der Waals surface area contributed by atoms with Gasteiger partial charge in [0.05, 0.1) is 33.1 Å². The molecule has 2 aliphatic heterocycles. The van der Waals surface area contributed by atoms with E-state index in [0.717, 1.165) is 67.6 Å². The number of nitrogens with zero attached hydrogens (tertiary/aromatic N) is 3. The molecule has 3 aromatic heterocycles. The average molecular weight is 842 g/mol. The van der Waals surface area contributed by atoms with Gasteiger partial charge < -0.3 is 23.2 Å². The van der Waals surface area contributed by atoms with Crippen molar-refractivity contribution in [1.29, 1.82) is 0 Å². The third-order valence-electron chi connectivity index (χ3n) is 14.2. The zero-order valence-corrected chi connectivity index (χ0v) is 35.5. The lowest BCUT2D eigenvalue weighted by Crippen LogP contribution is -2.57. The van der Waals surface area contributed by atoms with Crippen molar-refractivity contribution in [2.24, 2.45) is 0 Å². The lowest BCUT2D eigenvalue weighted by atomic mass is 9.34. The predicted molar refractivity (Wildman–Crippen MR) is 273 cm³/mol. The number of hydrogen-bond acceptors (Lipinski definition) is 2. The Bertz CT molecular complexity index is 3850. The van der Waals surface area contributed by atoms with Crippen LogP contribution < -0.4 is 25.9 Å². The Labute approximate surface area is 379 Å². The molecule has 0 unspecified atom stereocenters. The number of rotatable bonds is 4. The van der Waals surface area contributed by atoms with Crippen molar-refractivity contribution in [3.05, 3.63) is 218 Å². The van der Waals surface area contributed by atoms with Gasteiger partial charge in [0.2, 0.25) is 0 Å². The molecule has 0 saturated carbocycles. The lowest BCUT2D eigenvalue weighted by Gasteiger charge is -2.34. The Morgan fingerprint density at radius 3 is 0.955 bits per heavy atom. The number of fused-ring (bicyclic) bond motifs is 13. The minimum Gasteiger partial charge on any atom is -0.458 e. The monoisotopic (exact) mass is 841 g/mol. The number of aromatic nitrogens is 3. The number of ether oxygens (including phenoxy) is 2. The molecule has 10 aromatic carbocycles. The van der Waals surface area contributed by atoms with Gasteiger partial charge >= 0.3 is 0 Å². The fourth-order valence-electron chi connectivity index (χ4n) is 11.3. The van der Waals surface area contributed by atoms with Crippen molar-refractivity contribution < 1.29 is 9.47 Å². The summed E-state index contributed by atoms with van der Waals surface area (Å²) >= 11 is 0. The Balaban J connectivity index is 0.915. The maximum atomic E-state index is 7.05. The number of benzene rings is 10. The first-order valence-corrected chi connectivity index (χ1v) is 22.6. The summed E-state index contributed by atoms with van der Waals surface area (Å²) in [5, 5.41) is 7.43. The fourth-order valence-corrected chi connectivity index (χ4v) is 11.3. The van der Waals surface area contributed by atoms with Crippen molar-refractivity contribution in [2.45, 2.75) is 0 Å².